The Morgan fingerprint density at radius 3 is 2.73 bits per heavy atom. The molecule has 1 N–H and O–H groups in total. The van der Waals surface area contributed by atoms with Gasteiger partial charge >= 0.3 is 0 Å². The molecule has 1 amide bonds. The van der Waals surface area contributed by atoms with Crippen LogP contribution in [0.1, 0.15) is 16.4 Å². The van der Waals surface area contributed by atoms with Crippen LogP contribution in [0.15, 0.2) is 42.5 Å². The summed E-state index contributed by atoms with van der Waals surface area (Å²) >= 11 is 0. The molecule has 2 aromatic carbocycles. The van der Waals surface area contributed by atoms with E-state index in [9.17, 15) is 4.79 Å². The van der Waals surface area contributed by atoms with Crippen molar-refractivity contribution in [2.75, 3.05) is 27.1 Å². The highest BCUT2D eigenvalue weighted by Gasteiger charge is 2.50. The Hall–Kier alpha value is -3.70. The topological polar surface area (TPSA) is 119 Å². The van der Waals surface area contributed by atoms with E-state index in [1.807, 2.05) is 18.2 Å². The van der Waals surface area contributed by atoms with E-state index in [0.717, 1.165) is 5.56 Å². The standard InChI is InChI=1S/C22H21N5O6/c1-29-14-5-2-12(3-6-14)22(28)23-15-9-30-20-16(10-31-19(15)20)27-21(24-25-26-27)13-4-7-17-18(8-13)33-11-32-17/h2-8,15-16,19-20H,9-11H2,1H3,(H,23,28)/t15-,16-,19+,20+/m0/s1. The number of nitrogens with zero attached hydrogens (tertiary/aromatic N) is 4. The average molecular weight is 451 g/mol. The number of amides is 1. The molecule has 3 aliphatic rings. The van der Waals surface area contributed by atoms with E-state index in [4.69, 9.17) is 23.7 Å². The highest BCUT2D eigenvalue weighted by molar-refractivity contribution is 5.94. The third-order valence-electron chi connectivity index (χ3n) is 6.13. The molecule has 0 aliphatic carbocycles. The summed E-state index contributed by atoms with van der Waals surface area (Å²) in [7, 11) is 1.58. The van der Waals surface area contributed by atoms with Gasteiger partial charge < -0.3 is 29.0 Å². The van der Waals surface area contributed by atoms with Crippen molar-refractivity contribution in [3.63, 3.8) is 0 Å². The zero-order valence-electron chi connectivity index (χ0n) is 17.7. The van der Waals surface area contributed by atoms with Gasteiger partial charge in [0.1, 0.15) is 24.0 Å². The minimum atomic E-state index is -0.300. The molecule has 0 radical (unpaired) electrons. The molecule has 1 aromatic heterocycles. The van der Waals surface area contributed by atoms with Crippen LogP contribution in [0, 0.1) is 0 Å². The highest BCUT2D eigenvalue weighted by Crippen LogP contribution is 2.38. The smallest absolute Gasteiger partial charge is 0.251 e. The van der Waals surface area contributed by atoms with Crippen LogP contribution in [0.5, 0.6) is 17.2 Å². The molecule has 33 heavy (non-hydrogen) atoms. The Morgan fingerprint density at radius 2 is 1.88 bits per heavy atom. The van der Waals surface area contributed by atoms with Gasteiger partial charge in [0.2, 0.25) is 6.79 Å². The number of rotatable bonds is 5. The Morgan fingerprint density at radius 1 is 1.06 bits per heavy atom. The molecule has 0 saturated carbocycles. The Labute approximate surface area is 188 Å². The maximum Gasteiger partial charge on any atom is 0.251 e. The lowest BCUT2D eigenvalue weighted by Crippen LogP contribution is -2.44. The van der Waals surface area contributed by atoms with Gasteiger partial charge in [0.05, 0.1) is 26.4 Å². The van der Waals surface area contributed by atoms with E-state index in [1.54, 1.807) is 36.1 Å². The quantitative estimate of drug-likeness (QED) is 0.611. The van der Waals surface area contributed by atoms with Gasteiger partial charge in [-0.3, -0.25) is 4.79 Å². The van der Waals surface area contributed by atoms with Crippen molar-refractivity contribution in [1.29, 1.82) is 0 Å². The first-order chi connectivity index (χ1) is 16.2. The lowest BCUT2D eigenvalue weighted by molar-refractivity contribution is 0.0615. The maximum absolute atomic E-state index is 12.7. The van der Waals surface area contributed by atoms with Crippen LogP contribution in [0.2, 0.25) is 0 Å². The van der Waals surface area contributed by atoms with Crippen LogP contribution in [-0.2, 0) is 9.47 Å². The first-order valence-electron chi connectivity index (χ1n) is 10.6. The molecule has 0 bridgehead atoms. The van der Waals surface area contributed by atoms with E-state index in [2.05, 4.69) is 20.8 Å². The lowest BCUT2D eigenvalue weighted by Gasteiger charge is -2.18. The Balaban J connectivity index is 1.18. The largest absolute Gasteiger partial charge is 0.497 e. The molecule has 3 aromatic rings. The summed E-state index contributed by atoms with van der Waals surface area (Å²) in [6, 6.07) is 12.0. The van der Waals surface area contributed by atoms with Gasteiger partial charge in [-0.05, 0) is 52.9 Å². The van der Waals surface area contributed by atoms with Gasteiger partial charge in [-0.15, -0.1) is 5.10 Å². The van der Waals surface area contributed by atoms with E-state index < -0.39 is 0 Å². The van der Waals surface area contributed by atoms with Gasteiger partial charge in [0.25, 0.3) is 5.91 Å². The van der Waals surface area contributed by atoms with Crippen LogP contribution < -0.4 is 19.5 Å². The van der Waals surface area contributed by atoms with Crippen LogP contribution >= 0.6 is 0 Å². The number of tetrazole rings is 1. The van der Waals surface area contributed by atoms with Crippen LogP contribution in [0.4, 0.5) is 0 Å². The number of methoxy groups -OCH3 is 1. The lowest BCUT2D eigenvalue weighted by atomic mass is 10.1. The third kappa shape index (κ3) is 3.45. The first kappa shape index (κ1) is 19.9. The number of carbonyl (C=O) groups excluding carboxylic acids is 1. The number of hydrogen-bond acceptors (Lipinski definition) is 9. The number of carbonyl (C=O) groups is 1. The van der Waals surface area contributed by atoms with Gasteiger partial charge in [-0.2, -0.15) is 0 Å². The summed E-state index contributed by atoms with van der Waals surface area (Å²) < 4.78 is 29.8. The fraction of sp³-hybridized carbons (Fsp3) is 0.364. The first-order valence-corrected chi connectivity index (χ1v) is 10.6. The van der Waals surface area contributed by atoms with Gasteiger partial charge in [0.15, 0.2) is 17.3 Å². The zero-order valence-corrected chi connectivity index (χ0v) is 17.7. The number of benzene rings is 2. The van der Waals surface area contributed by atoms with E-state index in [1.165, 1.54) is 0 Å². The molecule has 11 nitrogen and oxygen atoms in total. The normalized spacial score (nSPS) is 25.1. The molecule has 0 spiro atoms. The number of hydrogen-bond donors (Lipinski definition) is 1. The van der Waals surface area contributed by atoms with E-state index in [-0.39, 0.29) is 37.0 Å². The molecule has 4 heterocycles. The second-order valence-electron chi connectivity index (χ2n) is 7.99. The van der Waals surface area contributed by atoms with Crippen molar-refractivity contribution in [2.24, 2.45) is 0 Å². The molecule has 170 valence electrons. The summed E-state index contributed by atoms with van der Waals surface area (Å²) in [5, 5.41) is 15.3. The van der Waals surface area contributed by atoms with Crippen LogP contribution in [0.3, 0.4) is 0 Å². The summed E-state index contributed by atoms with van der Waals surface area (Å²) in [4.78, 5) is 12.7. The fourth-order valence-corrected chi connectivity index (χ4v) is 4.45. The molecule has 11 heteroatoms. The second-order valence-corrected chi connectivity index (χ2v) is 7.99. The molecule has 3 aliphatic heterocycles. The summed E-state index contributed by atoms with van der Waals surface area (Å²) in [5.41, 5.74) is 1.34. The zero-order chi connectivity index (χ0) is 22.4. The maximum atomic E-state index is 12.7. The minimum absolute atomic E-state index is 0.192. The van der Waals surface area contributed by atoms with Crippen molar-refractivity contribution in [1.82, 2.24) is 25.5 Å². The average Bonchev–Trinajstić information content (AvgIpc) is 3.63. The van der Waals surface area contributed by atoms with Gasteiger partial charge in [-0.25, -0.2) is 4.68 Å². The summed E-state index contributed by atoms with van der Waals surface area (Å²) in [6.45, 7) is 0.906. The summed E-state index contributed by atoms with van der Waals surface area (Å²) in [6.07, 6.45) is -0.589. The molecule has 2 saturated heterocycles. The molecule has 2 fully saturated rings. The van der Waals surface area contributed by atoms with Crippen LogP contribution in [-0.4, -0.2) is 71.5 Å². The number of aromatic nitrogens is 4. The van der Waals surface area contributed by atoms with Crippen molar-refractivity contribution >= 4 is 5.91 Å². The third-order valence-corrected chi connectivity index (χ3v) is 6.13. The highest BCUT2D eigenvalue weighted by atomic mass is 16.7. The molecular formula is C22H21N5O6. The minimum Gasteiger partial charge on any atom is -0.497 e. The SMILES string of the molecule is COc1ccc(C(=O)N[C@H]2CO[C@H]3[C@@H]2OC[C@@H]3n2nnnc2-c2ccc3c(c2)OCO3)cc1. The molecule has 4 atom stereocenters. The Kier molecular flexibility index (Phi) is 4.84. The number of ether oxygens (including phenoxy) is 5. The van der Waals surface area contributed by atoms with Crippen molar-refractivity contribution in [3.05, 3.63) is 48.0 Å². The van der Waals surface area contributed by atoms with Crippen molar-refractivity contribution < 1.29 is 28.5 Å². The van der Waals surface area contributed by atoms with Crippen molar-refractivity contribution in [3.8, 4) is 28.6 Å². The predicted molar refractivity (Wildman–Crippen MR) is 112 cm³/mol. The van der Waals surface area contributed by atoms with E-state index in [0.29, 0.717) is 41.9 Å². The molecule has 6 rings (SSSR count). The fourth-order valence-electron chi connectivity index (χ4n) is 4.45. The monoisotopic (exact) mass is 451 g/mol. The van der Waals surface area contributed by atoms with E-state index >= 15 is 0 Å². The van der Waals surface area contributed by atoms with Crippen molar-refractivity contribution in [2.45, 2.75) is 24.3 Å². The number of nitrogens with one attached hydrogen (secondary N) is 1. The van der Waals surface area contributed by atoms with Crippen LogP contribution in [0.25, 0.3) is 11.4 Å². The summed E-state index contributed by atoms with van der Waals surface area (Å²) in [5.74, 6) is 2.43. The molecular weight excluding hydrogens is 430 g/mol. The number of fused-ring (bicyclic) bond motifs is 2. The van der Waals surface area contributed by atoms with Gasteiger partial charge in [0, 0.05) is 11.1 Å². The van der Waals surface area contributed by atoms with Gasteiger partial charge in [-0.1, -0.05) is 0 Å². The Bertz CT molecular complexity index is 1180. The second kappa shape index (κ2) is 8.01. The predicted octanol–water partition coefficient (Wildman–Crippen LogP) is 1.21. The molecule has 0 unspecified atom stereocenters.